The molecule has 1 heterocycles. The van der Waals surface area contributed by atoms with Crippen LogP contribution in [0.4, 0.5) is 0 Å². The monoisotopic (exact) mass is 236 g/mol. The SMILES string of the molecule is Cc1ccccc1C1(CC(=O)O)COCCO1. The quantitative estimate of drug-likeness (QED) is 0.868. The van der Waals surface area contributed by atoms with Gasteiger partial charge in [-0.1, -0.05) is 24.3 Å². The van der Waals surface area contributed by atoms with Crippen molar-refractivity contribution in [3.63, 3.8) is 0 Å². The van der Waals surface area contributed by atoms with Gasteiger partial charge in [-0.3, -0.25) is 4.79 Å². The average molecular weight is 236 g/mol. The summed E-state index contributed by atoms with van der Waals surface area (Å²) < 4.78 is 11.1. The summed E-state index contributed by atoms with van der Waals surface area (Å²) in [5.41, 5.74) is 1.09. The predicted octanol–water partition coefficient (Wildman–Crippen LogP) is 1.71. The van der Waals surface area contributed by atoms with Crippen LogP contribution in [-0.4, -0.2) is 30.9 Å². The van der Waals surface area contributed by atoms with Crippen LogP contribution in [0.3, 0.4) is 0 Å². The molecule has 4 heteroatoms. The van der Waals surface area contributed by atoms with Gasteiger partial charge in [-0.2, -0.15) is 0 Å². The van der Waals surface area contributed by atoms with Crippen molar-refractivity contribution in [2.45, 2.75) is 18.9 Å². The minimum Gasteiger partial charge on any atom is -0.481 e. The molecule has 1 aromatic carbocycles. The Morgan fingerprint density at radius 2 is 2.18 bits per heavy atom. The third-order valence-electron chi connectivity index (χ3n) is 3.01. The topological polar surface area (TPSA) is 55.8 Å². The van der Waals surface area contributed by atoms with E-state index < -0.39 is 11.6 Å². The van der Waals surface area contributed by atoms with Gasteiger partial charge in [-0.15, -0.1) is 0 Å². The second-order valence-corrected chi connectivity index (χ2v) is 4.28. The summed E-state index contributed by atoms with van der Waals surface area (Å²) in [5, 5.41) is 9.05. The lowest BCUT2D eigenvalue weighted by Crippen LogP contribution is -2.42. The lowest BCUT2D eigenvalue weighted by atomic mass is 9.87. The van der Waals surface area contributed by atoms with Gasteiger partial charge in [-0.25, -0.2) is 0 Å². The first kappa shape index (κ1) is 12.1. The Labute approximate surface area is 100 Å². The molecule has 0 bridgehead atoms. The van der Waals surface area contributed by atoms with Crippen molar-refractivity contribution in [2.75, 3.05) is 19.8 Å². The van der Waals surface area contributed by atoms with E-state index in [1.165, 1.54) is 0 Å². The number of carbonyl (C=O) groups is 1. The minimum absolute atomic E-state index is 0.0716. The van der Waals surface area contributed by atoms with Crippen LogP contribution < -0.4 is 0 Å². The van der Waals surface area contributed by atoms with Crippen LogP contribution in [0.5, 0.6) is 0 Å². The molecule has 1 unspecified atom stereocenters. The highest BCUT2D eigenvalue weighted by atomic mass is 16.6. The maximum absolute atomic E-state index is 11.0. The van der Waals surface area contributed by atoms with Crippen LogP contribution in [-0.2, 0) is 19.9 Å². The molecular formula is C13H16O4. The van der Waals surface area contributed by atoms with E-state index in [4.69, 9.17) is 14.6 Å². The summed E-state index contributed by atoms with van der Waals surface area (Å²) in [7, 11) is 0. The fraction of sp³-hybridized carbons (Fsp3) is 0.462. The van der Waals surface area contributed by atoms with E-state index in [0.717, 1.165) is 11.1 Å². The number of aryl methyl sites for hydroxylation is 1. The number of benzene rings is 1. The lowest BCUT2D eigenvalue weighted by molar-refractivity contribution is -0.179. The summed E-state index contributed by atoms with van der Waals surface area (Å²) in [6, 6.07) is 7.69. The Morgan fingerprint density at radius 3 is 2.76 bits per heavy atom. The van der Waals surface area contributed by atoms with E-state index in [9.17, 15) is 4.79 Å². The Hall–Kier alpha value is -1.39. The van der Waals surface area contributed by atoms with Gasteiger partial charge in [0.1, 0.15) is 5.60 Å². The fourth-order valence-electron chi connectivity index (χ4n) is 2.26. The smallest absolute Gasteiger partial charge is 0.306 e. The number of rotatable bonds is 3. The highest BCUT2D eigenvalue weighted by Crippen LogP contribution is 2.34. The molecule has 0 radical (unpaired) electrons. The second-order valence-electron chi connectivity index (χ2n) is 4.28. The zero-order valence-corrected chi connectivity index (χ0v) is 9.81. The van der Waals surface area contributed by atoms with Crippen LogP contribution in [0.15, 0.2) is 24.3 Å². The molecule has 1 N–H and O–H groups in total. The fourth-order valence-corrected chi connectivity index (χ4v) is 2.26. The van der Waals surface area contributed by atoms with E-state index in [1.54, 1.807) is 0 Å². The number of carboxylic acids is 1. The maximum atomic E-state index is 11.0. The van der Waals surface area contributed by atoms with Crippen LogP contribution in [0.1, 0.15) is 17.5 Å². The molecule has 1 atom stereocenters. The number of hydrogen-bond acceptors (Lipinski definition) is 3. The molecule has 1 fully saturated rings. The van der Waals surface area contributed by atoms with Gasteiger partial charge in [0.2, 0.25) is 0 Å². The number of carboxylic acid groups (broad SMARTS) is 1. The van der Waals surface area contributed by atoms with Crippen molar-refractivity contribution in [2.24, 2.45) is 0 Å². The van der Waals surface area contributed by atoms with Crippen LogP contribution in [0, 0.1) is 6.92 Å². The van der Waals surface area contributed by atoms with Gasteiger partial charge in [-0.05, 0) is 18.1 Å². The summed E-state index contributed by atoms with van der Waals surface area (Å²) in [4.78, 5) is 11.0. The molecule has 0 aromatic heterocycles. The molecule has 0 saturated carbocycles. The van der Waals surface area contributed by atoms with Crippen LogP contribution in [0.25, 0.3) is 0 Å². The summed E-state index contributed by atoms with van der Waals surface area (Å²) in [5.74, 6) is -0.876. The molecule has 1 saturated heterocycles. The number of hydrogen-bond donors (Lipinski definition) is 1. The third-order valence-corrected chi connectivity index (χ3v) is 3.01. The average Bonchev–Trinajstić information content (AvgIpc) is 2.29. The van der Waals surface area contributed by atoms with Gasteiger partial charge >= 0.3 is 5.97 Å². The summed E-state index contributed by atoms with van der Waals surface area (Å²) >= 11 is 0. The van der Waals surface area contributed by atoms with Crippen molar-refractivity contribution in [3.8, 4) is 0 Å². The third kappa shape index (κ3) is 2.48. The highest BCUT2D eigenvalue weighted by molar-refractivity contribution is 5.69. The maximum Gasteiger partial charge on any atom is 0.306 e. The summed E-state index contributed by atoms with van der Waals surface area (Å²) in [6.45, 7) is 3.20. The van der Waals surface area contributed by atoms with Crippen molar-refractivity contribution < 1.29 is 19.4 Å². The van der Waals surface area contributed by atoms with Crippen molar-refractivity contribution in [1.82, 2.24) is 0 Å². The van der Waals surface area contributed by atoms with E-state index in [-0.39, 0.29) is 6.42 Å². The van der Waals surface area contributed by atoms with Gasteiger partial charge < -0.3 is 14.6 Å². The van der Waals surface area contributed by atoms with Gasteiger partial charge in [0, 0.05) is 0 Å². The molecule has 0 amide bonds. The van der Waals surface area contributed by atoms with Crippen molar-refractivity contribution >= 4 is 5.97 Å². The first-order valence-electron chi connectivity index (χ1n) is 5.64. The molecule has 1 aromatic rings. The van der Waals surface area contributed by atoms with Crippen molar-refractivity contribution in [1.29, 1.82) is 0 Å². The molecule has 0 aliphatic carbocycles. The highest BCUT2D eigenvalue weighted by Gasteiger charge is 2.39. The zero-order valence-electron chi connectivity index (χ0n) is 9.81. The molecule has 1 aliphatic heterocycles. The Morgan fingerprint density at radius 1 is 1.41 bits per heavy atom. The lowest BCUT2D eigenvalue weighted by Gasteiger charge is -2.37. The first-order chi connectivity index (χ1) is 8.14. The van der Waals surface area contributed by atoms with Crippen LogP contribution in [0.2, 0.25) is 0 Å². The molecule has 2 rings (SSSR count). The Kier molecular flexibility index (Phi) is 3.45. The largest absolute Gasteiger partial charge is 0.481 e. The van der Waals surface area contributed by atoms with E-state index in [0.29, 0.717) is 19.8 Å². The van der Waals surface area contributed by atoms with E-state index >= 15 is 0 Å². The standard InChI is InChI=1S/C13H16O4/c1-10-4-2-3-5-11(10)13(8-12(14)15)9-16-6-7-17-13/h2-5H,6-9H2,1H3,(H,14,15). The van der Waals surface area contributed by atoms with Crippen LogP contribution >= 0.6 is 0 Å². The molecule has 4 nitrogen and oxygen atoms in total. The van der Waals surface area contributed by atoms with E-state index in [1.807, 2.05) is 31.2 Å². The molecular weight excluding hydrogens is 220 g/mol. The van der Waals surface area contributed by atoms with Crippen molar-refractivity contribution in [3.05, 3.63) is 35.4 Å². The minimum atomic E-state index is -0.876. The molecule has 0 spiro atoms. The Bertz CT molecular complexity index is 408. The number of ether oxygens (including phenoxy) is 2. The Balaban J connectivity index is 2.39. The van der Waals surface area contributed by atoms with Gasteiger partial charge in [0.25, 0.3) is 0 Å². The normalized spacial score (nSPS) is 24.5. The molecule has 92 valence electrons. The summed E-state index contributed by atoms with van der Waals surface area (Å²) in [6.07, 6.45) is -0.0716. The molecule has 1 aliphatic rings. The van der Waals surface area contributed by atoms with Gasteiger partial charge in [0.15, 0.2) is 0 Å². The zero-order chi connectivity index (χ0) is 12.3. The molecule has 17 heavy (non-hydrogen) atoms. The van der Waals surface area contributed by atoms with Gasteiger partial charge in [0.05, 0.1) is 26.2 Å². The second kappa shape index (κ2) is 4.85. The van der Waals surface area contributed by atoms with E-state index in [2.05, 4.69) is 0 Å². The first-order valence-corrected chi connectivity index (χ1v) is 5.64. The number of aliphatic carboxylic acids is 1. The predicted molar refractivity (Wildman–Crippen MR) is 61.9 cm³/mol.